The molecule has 0 N–H and O–H groups in total. The lowest BCUT2D eigenvalue weighted by atomic mass is 9.99. The molecule has 0 saturated carbocycles. The molecule has 1 heterocycles. The molecular formula is C12H20O3. The lowest BCUT2D eigenvalue weighted by molar-refractivity contribution is -0.194. The van der Waals surface area contributed by atoms with Gasteiger partial charge >= 0.3 is 5.97 Å². The molecule has 0 radical (unpaired) electrons. The highest BCUT2D eigenvalue weighted by molar-refractivity contribution is 5.66. The second-order valence-electron chi connectivity index (χ2n) is 3.87. The SMILES string of the molecule is CCCC=CC1CCCOC1OC(C)=O. The number of allylic oxidation sites excluding steroid dienone is 1. The third-order valence-electron chi connectivity index (χ3n) is 2.43. The van der Waals surface area contributed by atoms with E-state index in [0.717, 1.165) is 25.7 Å². The van der Waals surface area contributed by atoms with Crippen molar-refractivity contribution in [3.8, 4) is 0 Å². The number of hydrogen-bond acceptors (Lipinski definition) is 3. The Morgan fingerprint density at radius 3 is 3.07 bits per heavy atom. The largest absolute Gasteiger partial charge is 0.435 e. The molecule has 0 aliphatic carbocycles. The number of hydrogen-bond donors (Lipinski definition) is 0. The zero-order valence-corrected chi connectivity index (χ0v) is 9.57. The smallest absolute Gasteiger partial charge is 0.304 e. The molecule has 0 bridgehead atoms. The molecule has 0 aromatic rings. The van der Waals surface area contributed by atoms with Gasteiger partial charge in [0, 0.05) is 12.8 Å². The number of rotatable bonds is 4. The molecule has 0 amide bonds. The number of ether oxygens (including phenoxy) is 2. The molecule has 1 rings (SSSR count). The highest BCUT2D eigenvalue weighted by Crippen LogP contribution is 2.23. The topological polar surface area (TPSA) is 35.5 Å². The van der Waals surface area contributed by atoms with Crippen LogP contribution in [0.15, 0.2) is 12.2 Å². The first-order valence-corrected chi connectivity index (χ1v) is 5.69. The van der Waals surface area contributed by atoms with Gasteiger partial charge in [0.15, 0.2) is 0 Å². The first-order valence-electron chi connectivity index (χ1n) is 5.69. The van der Waals surface area contributed by atoms with Crippen molar-refractivity contribution in [1.82, 2.24) is 0 Å². The van der Waals surface area contributed by atoms with Gasteiger partial charge in [0.25, 0.3) is 0 Å². The Balaban J connectivity index is 2.45. The minimum Gasteiger partial charge on any atom is -0.435 e. The van der Waals surface area contributed by atoms with Gasteiger partial charge in [0.1, 0.15) is 0 Å². The van der Waals surface area contributed by atoms with E-state index in [1.165, 1.54) is 6.92 Å². The third-order valence-corrected chi connectivity index (χ3v) is 2.43. The predicted molar refractivity (Wildman–Crippen MR) is 58.3 cm³/mol. The summed E-state index contributed by atoms with van der Waals surface area (Å²) in [7, 11) is 0. The lowest BCUT2D eigenvalue weighted by Crippen LogP contribution is -2.32. The van der Waals surface area contributed by atoms with Crippen molar-refractivity contribution in [3.63, 3.8) is 0 Å². The summed E-state index contributed by atoms with van der Waals surface area (Å²) in [5.41, 5.74) is 0. The summed E-state index contributed by atoms with van der Waals surface area (Å²) >= 11 is 0. The summed E-state index contributed by atoms with van der Waals surface area (Å²) in [6.07, 6.45) is 8.19. The Bertz CT molecular complexity index is 223. The summed E-state index contributed by atoms with van der Waals surface area (Å²) in [4.78, 5) is 10.9. The summed E-state index contributed by atoms with van der Waals surface area (Å²) in [5, 5.41) is 0. The van der Waals surface area contributed by atoms with Crippen LogP contribution in [-0.2, 0) is 14.3 Å². The van der Waals surface area contributed by atoms with E-state index in [2.05, 4.69) is 19.1 Å². The molecule has 86 valence electrons. The van der Waals surface area contributed by atoms with Crippen LogP contribution in [0.3, 0.4) is 0 Å². The molecule has 1 fully saturated rings. The van der Waals surface area contributed by atoms with E-state index in [1.54, 1.807) is 0 Å². The second kappa shape index (κ2) is 6.62. The van der Waals surface area contributed by atoms with Crippen molar-refractivity contribution in [3.05, 3.63) is 12.2 Å². The Labute approximate surface area is 91.4 Å². The van der Waals surface area contributed by atoms with Crippen molar-refractivity contribution in [2.75, 3.05) is 6.61 Å². The zero-order valence-electron chi connectivity index (χ0n) is 9.57. The molecule has 0 spiro atoms. The fourth-order valence-electron chi connectivity index (χ4n) is 1.69. The van der Waals surface area contributed by atoms with E-state index in [9.17, 15) is 4.79 Å². The van der Waals surface area contributed by atoms with Gasteiger partial charge in [-0.15, -0.1) is 0 Å². The highest BCUT2D eigenvalue weighted by Gasteiger charge is 2.26. The van der Waals surface area contributed by atoms with Crippen LogP contribution in [0.4, 0.5) is 0 Å². The maximum absolute atomic E-state index is 10.9. The second-order valence-corrected chi connectivity index (χ2v) is 3.87. The molecule has 1 saturated heterocycles. The standard InChI is InChI=1S/C12H20O3/c1-3-4-5-7-11-8-6-9-14-12(11)15-10(2)13/h5,7,11-12H,3-4,6,8-9H2,1-2H3. The summed E-state index contributed by atoms with van der Waals surface area (Å²) in [6.45, 7) is 4.26. The van der Waals surface area contributed by atoms with Crippen molar-refractivity contribution < 1.29 is 14.3 Å². The first-order chi connectivity index (χ1) is 7.24. The lowest BCUT2D eigenvalue weighted by Gasteiger charge is -2.28. The van der Waals surface area contributed by atoms with Crippen LogP contribution in [0, 0.1) is 5.92 Å². The van der Waals surface area contributed by atoms with E-state index < -0.39 is 0 Å². The van der Waals surface area contributed by atoms with Gasteiger partial charge in [-0.1, -0.05) is 25.5 Å². The normalized spacial score (nSPS) is 26.8. The van der Waals surface area contributed by atoms with Crippen LogP contribution in [0.5, 0.6) is 0 Å². The van der Waals surface area contributed by atoms with Crippen LogP contribution in [0.1, 0.15) is 39.5 Å². The fourth-order valence-corrected chi connectivity index (χ4v) is 1.69. The van der Waals surface area contributed by atoms with Gasteiger partial charge in [-0.25, -0.2) is 0 Å². The van der Waals surface area contributed by atoms with Gasteiger partial charge in [0.2, 0.25) is 6.29 Å². The van der Waals surface area contributed by atoms with Crippen molar-refractivity contribution in [1.29, 1.82) is 0 Å². The molecule has 1 aliphatic rings. The van der Waals surface area contributed by atoms with Crippen molar-refractivity contribution in [2.45, 2.75) is 45.8 Å². The third kappa shape index (κ3) is 4.47. The molecule has 3 heteroatoms. The molecule has 15 heavy (non-hydrogen) atoms. The number of unbranched alkanes of at least 4 members (excludes halogenated alkanes) is 1. The zero-order chi connectivity index (χ0) is 11.1. The summed E-state index contributed by atoms with van der Waals surface area (Å²) in [6, 6.07) is 0. The minimum absolute atomic E-state index is 0.231. The van der Waals surface area contributed by atoms with Crippen LogP contribution < -0.4 is 0 Å². The van der Waals surface area contributed by atoms with Gasteiger partial charge in [-0.3, -0.25) is 4.79 Å². The molecule has 0 aromatic carbocycles. The monoisotopic (exact) mass is 212 g/mol. The van der Waals surface area contributed by atoms with Gasteiger partial charge in [-0.2, -0.15) is 0 Å². The van der Waals surface area contributed by atoms with E-state index in [4.69, 9.17) is 9.47 Å². The van der Waals surface area contributed by atoms with Crippen LogP contribution in [0.25, 0.3) is 0 Å². The maximum Gasteiger partial charge on any atom is 0.304 e. The number of carbonyl (C=O) groups excluding carboxylic acids is 1. The fraction of sp³-hybridized carbons (Fsp3) is 0.750. The van der Waals surface area contributed by atoms with Crippen molar-refractivity contribution in [2.24, 2.45) is 5.92 Å². The molecule has 2 unspecified atom stereocenters. The molecule has 2 atom stereocenters. The van der Waals surface area contributed by atoms with E-state index >= 15 is 0 Å². The Kier molecular flexibility index (Phi) is 5.40. The summed E-state index contributed by atoms with van der Waals surface area (Å²) in [5.74, 6) is -0.0370. The van der Waals surface area contributed by atoms with Gasteiger partial charge in [-0.05, 0) is 19.3 Å². The average Bonchev–Trinajstić information content (AvgIpc) is 2.20. The predicted octanol–water partition coefficient (Wildman–Crippen LogP) is 2.66. The number of esters is 1. The van der Waals surface area contributed by atoms with Gasteiger partial charge in [0.05, 0.1) is 6.61 Å². The number of carbonyl (C=O) groups is 1. The van der Waals surface area contributed by atoms with E-state index in [-0.39, 0.29) is 18.2 Å². The van der Waals surface area contributed by atoms with E-state index in [0.29, 0.717) is 6.61 Å². The Morgan fingerprint density at radius 1 is 1.60 bits per heavy atom. The molecule has 1 aliphatic heterocycles. The van der Waals surface area contributed by atoms with Crippen molar-refractivity contribution >= 4 is 5.97 Å². The van der Waals surface area contributed by atoms with Crippen LogP contribution in [-0.4, -0.2) is 18.9 Å². The Morgan fingerprint density at radius 2 is 2.40 bits per heavy atom. The molecular weight excluding hydrogens is 192 g/mol. The maximum atomic E-state index is 10.9. The first kappa shape index (κ1) is 12.2. The quantitative estimate of drug-likeness (QED) is 0.531. The highest BCUT2D eigenvalue weighted by atomic mass is 16.7. The Hall–Kier alpha value is -0.830. The average molecular weight is 212 g/mol. The summed E-state index contributed by atoms with van der Waals surface area (Å²) < 4.78 is 10.6. The van der Waals surface area contributed by atoms with Gasteiger partial charge < -0.3 is 9.47 Å². The molecule has 0 aromatic heterocycles. The minimum atomic E-state index is -0.371. The molecule has 3 nitrogen and oxygen atoms in total. The van der Waals surface area contributed by atoms with E-state index in [1.807, 2.05) is 0 Å². The van der Waals surface area contributed by atoms with Crippen LogP contribution >= 0.6 is 0 Å². The van der Waals surface area contributed by atoms with Crippen LogP contribution in [0.2, 0.25) is 0 Å².